The zero-order valence-corrected chi connectivity index (χ0v) is 12.4. The Balaban J connectivity index is 2.06. The van der Waals surface area contributed by atoms with Gasteiger partial charge in [-0.3, -0.25) is 0 Å². The number of hydrogen-bond donors (Lipinski definition) is 2. The van der Waals surface area contributed by atoms with Crippen LogP contribution in [0.3, 0.4) is 0 Å². The van der Waals surface area contributed by atoms with Crippen LogP contribution in [0.15, 0.2) is 24.3 Å². The van der Waals surface area contributed by atoms with Crippen LogP contribution in [0.5, 0.6) is 5.75 Å². The molecule has 1 fully saturated rings. The normalized spacial score (nSPS) is 18.7. The molecule has 1 atom stereocenters. The molecular weight excluding hydrogens is 276 g/mol. The van der Waals surface area contributed by atoms with Crippen molar-refractivity contribution in [3.63, 3.8) is 0 Å². The van der Waals surface area contributed by atoms with E-state index in [1.54, 1.807) is 12.0 Å². The van der Waals surface area contributed by atoms with Crippen LogP contribution >= 0.6 is 11.8 Å². The molecule has 1 aliphatic heterocycles. The lowest BCUT2D eigenvalue weighted by Gasteiger charge is -2.35. The maximum absolute atomic E-state index is 12.4. The average Bonchev–Trinajstić information content (AvgIpc) is 2.48. The molecule has 2 N–H and O–H groups in total. The fourth-order valence-corrected chi connectivity index (χ4v) is 3.36. The van der Waals surface area contributed by atoms with Crippen molar-refractivity contribution in [2.24, 2.45) is 0 Å². The number of hydrogen-bond acceptors (Lipinski definition) is 4. The molecule has 5 nitrogen and oxygen atoms in total. The number of thioether (sulfide) groups is 1. The first kappa shape index (κ1) is 15.0. The summed E-state index contributed by atoms with van der Waals surface area (Å²) in [7, 11) is 1.58. The van der Waals surface area contributed by atoms with Crippen molar-refractivity contribution in [1.82, 2.24) is 4.90 Å². The van der Waals surface area contributed by atoms with Crippen molar-refractivity contribution in [2.75, 3.05) is 37.1 Å². The van der Waals surface area contributed by atoms with Crippen molar-refractivity contribution >= 4 is 23.5 Å². The van der Waals surface area contributed by atoms with Crippen molar-refractivity contribution in [2.45, 2.75) is 12.5 Å². The van der Waals surface area contributed by atoms with Crippen molar-refractivity contribution in [1.29, 1.82) is 0 Å². The van der Waals surface area contributed by atoms with Crippen LogP contribution < -0.4 is 10.1 Å². The Morgan fingerprint density at radius 1 is 1.55 bits per heavy atom. The van der Waals surface area contributed by atoms with E-state index in [9.17, 15) is 4.79 Å². The summed E-state index contributed by atoms with van der Waals surface area (Å²) < 4.78 is 5.23. The van der Waals surface area contributed by atoms with Crippen molar-refractivity contribution in [3.05, 3.63) is 24.3 Å². The summed E-state index contributed by atoms with van der Waals surface area (Å²) in [5, 5.41) is 12.0. The predicted octanol–water partition coefficient (Wildman–Crippen LogP) is 2.03. The first-order valence-electron chi connectivity index (χ1n) is 6.65. The molecule has 0 aromatic heterocycles. The second-order valence-corrected chi connectivity index (χ2v) is 5.71. The number of carbonyl (C=O) groups is 1. The minimum Gasteiger partial charge on any atom is -0.495 e. The first-order chi connectivity index (χ1) is 9.76. The quantitative estimate of drug-likeness (QED) is 0.892. The number of nitrogens with one attached hydrogen (secondary N) is 1. The molecule has 2 rings (SSSR count). The summed E-state index contributed by atoms with van der Waals surface area (Å²) in [5.41, 5.74) is 0.668. The summed E-state index contributed by atoms with van der Waals surface area (Å²) in [4.78, 5) is 14.2. The zero-order chi connectivity index (χ0) is 14.4. The van der Waals surface area contributed by atoms with E-state index in [4.69, 9.17) is 9.84 Å². The highest BCUT2D eigenvalue weighted by Gasteiger charge is 2.27. The minimum atomic E-state index is -0.131. The number of aliphatic hydroxyl groups excluding tert-OH is 1. The number of carbonyl (C=O) groups excluding carboxylic acids is 1. The molecular formula is C14H20N2O3S. The largest absolute Gasteiger partial charge is 0.495 e. The van der Waals surface area contributed by atoms with Gasteiger partial charge in [-0.05, 0) is 18.6 Å². The summed E-state index contributed by atoms with van der Waals surface area (Å²) in [6, 6.07) is 7.31. The van der Waals surface area contributed by atoms with Gasteiger partial charge in [0.05, 0.1) is 12.8 Å². The van der Waals surface area contributed by atoms with Gasteiger partial charge in [-0.25, -0.2) is 4.79 Å². The van der Waals surface area contributed by atoms with Gasteiger partial charge in [0.15, 0.2) is 0 Å². The Morgan fingerprint density at radius 2 is 2.35 bits per heavy atom. The van der Waals surface area contributed by atoms with Gasteiger partial charge in [0.1, 0.15) is 5.75 Å². The third-order valence-corrected chi connectivity index (χ3v) is 4.39. The standard InChI is InChI=1S/C14H20N2O3S/c1-19-13-5-3-2-4-12(13)15-14(18)16-7-9-20-10-11(16)6-8-17/h2-5,11,17H,6-10H2,1H3,(H,15,18). The molecule has 0 spiro atoms. The molecule has 0 radical (unpaired) electrons. The lowest BCUT2D eigenvalue weighted by molar-refractivity contribution is 0.177. The van der Waals surface area contributed by atoms with Gasteiger partial charge in [-0.1, -0.05) is 12.1 Å². The number of amides is 2. The van der Waals surface area contributed by atoms with E-state index in [2.05, 4.69) is 5.32 Å². The van der Waals surface area contributed by atoms with Crippen LogP contribution in [0.1, 0.15) is 6.42 Å². The molecule has 1 aliphatic rings. The number of para-hydroxylation sites is 2. The number of benzene rings is 1. The number of urea groups is 1. The number of methoxy groups -OCH3 is 1. The van der Waals surface area contributed by atoms with E-state index in [-0.39, 0.29) is 18.7 Å². The molecule has 0 saturated carbocycles. The van der Waals surface area contributed by atoms with E-state index in [0.29, 0.717) is 24.4 Å². The lowest BCUT2D eigenvalue weighted by Crippen LogP contribution is -2.48. The Morgan fingerprint density at radius 3 is 3.10 bits per heavy atom. The van der Waals surface area contributed by atoms with Crippen molar-refractivity contribution in [3.8, 4) is 5.75 Å². The highest BCUT2D eigenvalue weighted by molar-refractivity contribution is 7.99. The SMILES string of the molecule is COc1ccccc1NC(=O)N1CCSCC1CCO. The number of rotatable bonds is 4. The molecule has 2 amide bonds. The Bertz CT molecular complexity index is 454. The number of aliphatic hydroxyl groups is 1. The molecule has 6 heteroatoms. The third kappa shape index (κ3) is 3.58. The molecule has 1 aromatic carbocycles. The predicted molar refractivity (Wildman–Crippen MR) is 81.5 cm³/mol. The molecule has 1 aromatic rings. The van der Waals surface area contributed by atoms with Crippen LogP contribution in [0.2, 0.25) is 0 Å². The molecule has 1 heterocycles. The second kappa shape index (κ2) is 7.40. The van der Waals surface area contributed by atoms with E-state index in [1.165, 1.54) is 0 Å². The smallest absolute Gasteiger partial charge is 0.322 e. The first-order valence-corrected chi connectivity index (χ1v) is 7.81. The number of nitrogens with zero attached hydrogens (tertiary/aromatic N) is 1. The topological polar surface area (TPSA) is 61.8 Å². The fraction of sp³-hybridized carbons (Fsp3) is 0.500. The van der Waals surface area contributed by atoms with Crippen LogP contribution in [-0.2, 0) is 0 Å². The van der Waals surface area contributed by atoms with Gasteiger partial charge in [0, 0.05) is 30.7 Å². The van der Waals surface area contributed by atoms with Gasteiger partial charge in [0.25, 0.3) is 0 Å². The van der Waals surface area contributed by atoms with Crippen LogP contribution in [0.25, 0.3) is 0 Å². The fourth-order valence-electron chi connectivity index (χ4n) is 2.25. The second-order valence-electron chi connectivity index (χ2n) is 4.56. The number of anilines is 1. The van der Waals surface area contributed by atoms with E-state index in [1.807, 2.05) is 36.0 Å². The number of ether oxygens (including phenoxy) is 1. The van der Waals surface area contributed by atoms with Gasteiger partial charge in [-0.15, -0.1) is 0 Å². The highest BCUT2D eigenvalue weighted by atomic mass is 32.2. The van der Waals surface area contributed by atoms with E-state index >= 15 is 0 Å². The van der Waals surface area contributed by atoms with E-state index in [0.717, 1.165) is 11.5 Å². The monoisotopic (exact) mass is 296 g/mol. The van der Waals surface area contributed by atoms with Gasteiger partial charge < -0.3 is 20.1 Å². The molecule has 1 saturated heterocycles. The summed E-state index contributed by atoms with van der Waals surface area (Å²) in [5.74, 6) is 2.45. The maximum atomic E-state index is 12.4. The van der Waals surface area contributed by atoms with Gasteiger partial charge in [-0.2, -0.15) is 11.8 Å². The third-order valence-electron chi connectivity index (χ3n) is 3.30. The van der Waals surface area contributed by atoms with Gasteiger partial charge >= 0.3 is 6.03 Å². The van der Waals surface area contributed by atoms with Gasteiger partial charge in [0.2, 0.25) is 0 Å². The summed E-state index contributed by atoms with van der Waals surface area (Å²) >= 11 is 1.82. The summed E-state index contributed by atoms with van der Waals surface area (Å²) in [6.45, 7) is 0.806. The van der Waals surface area contributed by atoms with Crippen molar-refractivity contribution < 1.29 is 14.6 Å². The average molecular weight is 296 g/mol. The zero-order valence-electron chi connectivity index (χ0n) is 11.5. The Labute approximate surface area is 123 Å². The minimum absolute atomic E-state index is 0.0912. The van der Waals surface area contributed by atoms with Crippen LogP contribution in [-0.4, -0.2) is 53.8 Å². The molecule has 1 unspecified atom stereocenters. The maximum Gasteiger partial charge on any atom is 0.322 e. The lowest BCUT2D eigenvalue weighted by atomic mass is 10.2. The Kier molecular flexibility index (Phi) is 5.55. The highest BCUT2D eigenvalue weighted by Crippen LogP contribution is 2.25. The van der Waals surface area contributed by atoms with Crippen LogP contribution in [0.4, 0.5) is 10.5 Å². The molecule has 0 bridgehead atoms. The molecule has 20 heavy (non-hydrogen) atoms. The van der Waals surface area contributed by atoms with Crippen LogP contribution in [0, 0.1) is 0 Å². The summed E-state index contributed by atoms with van der Waals surface area (Å²) in [6.07, 6.45) is 0.617. The molecule has 0 aliphatic carbocycles. The Hall–Kier alpha value is -1.40. The van der Waals surface area contributed by atoms with E-state index < -0.39 is 0 Å². The molecule has 110 valence electrons.